The number of benzene rings is 1. The quantitative estimate of drug-likeness (QED) is 0.859. The van der Waals surface area contributed by atoms with E-state index in [1.54, 1.807) is 6.07 Å². The summed E-state index contributed by atoms with van der Waals surface area (Å²) >= 11 is 12.3. The Bertz CT molecular complexity index is 594. The van der Waals surface area contributed by atoms with Gasteiger partial charge in [0.15, 0.2) is 0 Å². The lowest BCUT2D eigenvalue weighted by molar-refractivity contribution is 0.977. The molecule has 4 heteroatoms. The molecule has 96 valence electrons. The molecule has 0 atom stereocenters. The molecule has 1 N–H and O–H groups in total. The van der Waals surface area contributed by atoms with Gasteiger partial charge in [0.2, 0.25) is 0 Å². The number of hydrogen-bond acceptors (Lipinski definition) is 2. The van der Waals surface area contributed by atoms with E-state index in [-0.39, 0.29) is 0 Å². The summed E-state index contributed by atoms with van der Waals surface area (Å²) < 4.78 is 0. The van der Waals surface area contributed by atoms with Crippen LogP contribution in [0.3, 0.4) is 0 Å². The van der Waals surface area contributed by atoms with E-state index in [1.165, 1.54) is 0 Å². The Morgan fingerprint density at radius 2 is 1.94 bits per heavy atom. The van der Waals surface area contributed by atoms with Gasteiger partial charge in [0.05, 0.1) is 10.5 Å². The Morgan fingerprint density at radius 1 is 1.22 bits per heavy atom. The third-order valence-corrected chi connectivity index (χ3v) is 3.55. The summed E-state index contributed by atoms with van der Waals surface area (Å²) in [6.07, 6.45) is 1.07. The molecule has 0 unspecified atom stereocenters. The fourth-order valence-corrected chi connectivity index (χ4v) is 2.52. The van der Waals surface area contributed by atoms with E-state index < -0.39 is 0 Å². The van der Waals surface area contributed by atoms with Crippen LogP contribution in [0.15, 0.2) is 12.1 Å². The van der Waals surface area contributed by atoms with Crippen molar-refractivity contribution in [2.75, 3.05) is 11.9 Å². The molecule has 0 amide bonds. The van der Waals surface area contributed by atoms with E-state index >= 15 is 0 Å². The van der Waals surface area contributed by atoms with Crippen LogP contribution in [0.5, 0.6) is 0 Å². The lowest BCUT2D eigenvalue weighted by Crippen LogP contribution is -2.05. The summed E-state index contributed by atoms with van der Waals surface area (Å²) in [6, 6.07) is 3.65. The van der Waals surface area contributed by atoms with E-state index in [9.17, 15) is 0 Å². The number of nitrogens with one attached hydrogen (secondary N) is 1. The maximum absolute atomic E-state index is 6.22. The molecule has 0 saturated carbocycles. The predicted octanol–water partition coefficient (Wildman–Crippen LogP) is 4.98. The van der Waals surface area contributed by atoms with Crippen LogP contribution < -0.4 is 5.32 Å². The van der Waals surface area contributed by atoms with E-state index in [0.717, 1.165) is 40.8 Å². The van der Waals surface area contributed by atoms with Gasteiger partial charge in [-0.25, -0.2) is 0 Å². The van der Waals surface area contributed by atoms with E-state index in [2.05, 4.69) is 24.1 Å². The fraction of sp³-hybridized carbons (Fsp3) is 0.357. The van der Waals surface area contributed by atoms with E-state index in [0.29, 0.717) is 10.0 Å². The highest BCUT2D eigenvalue weighted by atomic mass is 35.5. The molecule has 0 saturated heterocycles. The zero-order valence-electron chi connectivity index (χ0n) is 10.8. The Morgan fingerprint density at radius 3 is 2.61 bits per heavy atom. The Balaban J connectivity index is 2.74. The molecule has 1 heterocycles. The largest absolute Gasteiger partial charge is 0.384 e. The number of nitrogens with zero attached hydrogens (tertiary/aromatic N) is 1. The van der Waals surface area contributed by atoms with Gasteiger partial charge in [-0.2, -0.15) is 0 Å². The second kappa shape index (κ2) is 5.33. The number of aromatic nitrogens is 1. The normalized spacial score (nSPS) is 10.9. The van der Waals surface area contributed by atoms with Gasteiger partial charge in [0.1, 0.15) is 0 Å². The minimum Gasteiger partial charge on any atom is -0.384 e. The first-order valence-electron chi connectivity index (χ1n) is 6.04. The molecule has 0 radical (unpaired) electrons. The van der Waals surface area contributed by atoms with Gasteiger partial charge in [-0.1, -0.05) is 30.1 Å². The van der Waals surface area contributed by atoms with Gasteiger partial charge in [0.25, 0.3) is 0 Å². The molecule has 0 spiro atoms. The lowest BCUT2D eigenvalue weighted by Gasteiger charge is -2.15. The van der Waals surface area contributed by atoms with Crippen LogP contribution in [0, 0.1) is 13.8 Å². The van der Waals surface area contributed by atoms with Crippen molar-refractivity contribution in [3.05, 3.63) is 33.4 Å². The van der Waals surface area contributed by atoms with Crippen molar-refractivity contribution in [1.29, 1.82) is 0 Å². The minimum atomic E-state index is 0.597. The first-order chi connectivity index (χ1) is 8.54. The topological polar surface area (TPSA) is 24.9 Å². The summed E-state index contributed by atoms with van der Waals surface area (Å²) in [5.41, 5.74) is 4.03. The van der Waals surface area contributed by atoms with Crippen LogP contribution in [-0.2, 0) is 0 Å². The third-order valence-electron chi connectivity index (χ3n) is 3.05. The highest BCUT2D eigenvalue weighted by molar-refractivity contribution is 6.38. The van der Waals surface area contributed by atoms with Crippen molar-refractivity contribution in [3.63, 3.8) is 0 Å². The molecule has 2 rings (SSSR count). The maximum atomic E-state index is 6.22. The molecular formula is C14H16Cl2N2. The molecule has 0 fully saturated rings. The van der Waals surface area contributed by atoms with Crippen molar-refractivity contribution < 1.29 is 0 Å². The molecule has 0 aliphatic rings. The van der Waals surface area contributed by atoms with Crippen LogP contribution in [0.25, 0.3) is 10.9 Å². The number of pyridine rings is 1. The fourth-order valence-electron chi connectivity index (χ4n) is 1.98. The van der Waals surface area contributed by atoms with Gasteiger partial charge in [-0.3, -0.25) is 4.98 Å². The standard InChI is InChI=1S/C14H16Cl2N2/c1-4-5-17-13-8(2)9(3)18-14-11(13)6-10(15)7-12(14)16/h6-7H,4-5H2,1-3H3,(H,17,18). The van der Waals surface area contributed by atoms with Crippen LogP contribution in [0.4, 0.5) is 5.69 Å². The number of rotatable bonds is 3. The van der Waals surface area contributed by atoms with Crippen molar-refractivity contribution in [3.8, 4) is 0 Å². The summed E-state index contributed by atoms with van der Waals surface area (Å²) in [5, 5.41) is 5.67. The molecule has 1 aromatic carbocycles. The highest BCUT2D eigenvalue weighted by Gasteiger charge is 2.12. The molecule has 2 nitrogen and oxygen atoms in total. The summed E-state index contributed by atoms with van der Waals surface area (Å²) in [5.74, 6) is 0. The molecule has 2 aromatic rings. The Hall–Kier alpha value is -0.990. The SMILES string of the molecule is CCCNc1c(C)c(C)nc2c(Cl)cc(Cl)cc12. The molecule has 18 heavy (non-hydrogen) atoms. The van der Waals surface area contributed by atoms with Crippen LogP contribution in [0.2, 0.25) is 10.0 Å². The molecule has 0 aliphatic carbocycles. The average Bonchev–Trinajstić information content (AvgIpc) is 2.31. The summed E-state index contributed by atoms with van der Waals surface area (Å²) in [4.78, 5) is 4.55. The Kier molecular flexibility index (Phi) is 3.98. The smallest absolute Gasteiger partial charge is 0.0913 e. The van der Waals surface area contributed by atoms with E-state index in [1.807, 2.05) is 13.0 Å². The second-order valence-corrected chi connectivity index (χ2v) is 5.25. The first kappa shape index (κ1) is 13.4. The van der Waals surface area contributed by atoms with Crippen LogP contribution in [-0.4, -0.2) is 11.5 Å². The second-order valence-electron chi connectivity index (χ2n) is 4.41. The highest BCUT2D eigenvalue weighted by Crippen LogP contribution is 2.34. The first-order valence-corrected chi connectivity index (χ1v) is 6.80. The average molecular weight is 283 g/mol. The lowest BCUT2D eigenvalue weighted by atomic mass is 10.1. The maximum Gasteiger partial charge on any atom is 0.0913 e. The van der Waals surface area contributed by atoms with Crippen molar-refractivity contribution in [2.45, 2.75) is 27.2 Å². The Labute approximate surface area is 117 Å². The van der Waals surface area contributed by atoms with Crippen LogP contribution in [0.1, 0.15) is 24.6 Å². The number of aryl methyl sites for hydroxylation is 1. The van der Waals surface area contributed by atoms with Crippen molar-refractivity contribution in [1.82, 2.24) is 4.98 Å². The number of hydrogen-bond donors (Lipinski definition) is 1. The third kappa shape index (κ3) is 2.40. The van der Waals surface area contributed by atoms with Gasteiger partial charge in [-0.15, -0.1) is 0 Å². The summed E-state index contributed by atoms with van der Waals surface area (Å²) in [6.45, 7) is 7.12. The molecule has 1 aromatic heterocycles. The van der Waals surface area contributed by atoms with Gasteiger partial charge in [0, 0.05) is 28.3 Å². The number of halogens is 2. The summed E-state index contributed by atoms with van der Waals surface area (Å²) in [7, 11) is 0. The molecule has 0 bridgehead atoms. The molecular weight excluding hydrogens is 267 g/mol. The van der Waals surface area contributed by atoms with E-state index in [4.69, 9.17) is 23.2 Å². The zero-order chi connectivity index (χ0) is 13.3. The van der Waals surface area contributed by atoms with Gasteiger partial charge in [-0.05, 0) is 38.0 Å². The van der Waals surface area contributed by atoms with Crippen LogP contribution >= 0.6 is 23.2 Å². The van der Waals surface area contributed by atoms with Crippen molar-refractivity contribution >= 4 is 39.8 Å². The zero-order valence-corrected chi connectivity index (χ0v) is 12.3. The number of fused-ring (bicyclic) bond motifs is 1. The van der Waals surface area contributed by atoms with Gasteiger partial charge >= 0.3 is 0 Å². The monoisotopic (exact) mass is 282 g/mol. The van der Waals surface area contributed by atoms with Gasteiger partial charge < -0.3 is 5.32 Å². The van der Waals surface area contributed by atoms with Crippen molar-refractivity contribution in [2.24, 2.45) is 0 Å². The minimum absolute atomic E-state index is 0.597. The molecule has 0 aliphatic heterocycles. The number of anilines is 1. The predicted molar refractivity (Wildman–Crippen MR) is 80.0 cm³/mol.